The summed E-state index contributed by atoms with van der Waals surface area (Å²) in [5.41, 5.74) is 6.41. The van der Waals surface area contributed by atoms with Crippen LogP contribution in [0.3, 0.4) is 0 Å². The SMILES string of the molecule is Cc1ccc2c3c1O[C@H]1c4[nH]c5ccccc5c4C[C@@]4(O)[C@H](C2)N(CC2CC2)CC[C@]314.Cl. The maximum atomic E-state index is 12.8. The van der Waals surface area contributed by atoms with E-state index in [1.165, 1.54) is 46.2 Å². The summed E-state index contributed by atoms with van der Waals surface area (Å²) < 4.78 is 6.85. The average Bonchev–Trinajstić information content (AvgIpc) is 3.40. The smallest absolute Gasteiger partial charge is 0.151 e. The molecule has 5 aliphatic rings. The van der Waals surface area contributed by atoms with Crippen LogP contribution in [0.5, 0.6) is 5.75 Å². The van der Waals surface area contributed by atoms with Gasteiger partial charge in [0.15, 0.2) is 6.10 Å². The van der Waals surface area contributed by atoms with Gasteiger partial charge in [-0.1, -0.05) is 30.3 Å². The third-order valence-corrected chi connectivity index (χ3v) is 9.29. The van der Waals surface area contributed by atoms with Crippen LogP contribution in [-0.2, 0) is 18.3 Å². The molecule has 1 saturated carbocycles. The van der Waals surface area contributed by atoms with Gasteiger partial charge < -0.3 is 14.8 Å². The summed E-state index contributed by atoms with van der Waals surface area (Å²) in [6, 6.07) is 13.3. The molecule has 5 heteroatoms. The zero-order valence-corrected chi connectivity index (χ0v) is 19.2. The number of aromatic nitrogens is 1. The number of para-hydroxylation sites is 1. The van der Waals surface area contributed by atoms with Crippen molar-refractivity contribution in [3.05, 3.63) is 64.3 Å². The third kappa shape index (κ3) is 2.08. The number of nitrogens with zero attached hydrogens (tertiary/aromatic N) is 1. The number of fused-ring (bicyclic) bond motifs is 4. The van der Waals surface area contributed by atoms with Crippen molar-refractivity contribution in [1.82, 2.24) is 9.88 Å². The first-order valence-corrected chi connectivity index (χ1v) is 12.0. The molecule has 2 aliphatic heterocycles. The summed E-state index contributed by atoms with van der Waals surface area (Å²) in [6.45, 7) is 4.36. The molecule has 0 radical (unpaired) electrons. The Balaban J connectivity index is 0.00000180. The molecule has 32 heavy (non-hydrogen) atoms. The molecule has 2 N–H and O–H groups in total. The molecule has 2 fully saturated rings. The highest BCUT2D eigenvalue weighted by Crippen LogP contribution is 2.68. The van der Waals surface area contributed by atoms with Crippen molar-refractivity contribution in [3.63, 3.8) is 0 Å². The van der Waals surface area contributed by atoms with E-state index in [0.29, 0.717) is 6.42 Å². The monoisotopic (exact) mass is 448 g/mol. The number of halogens is 1. The lowest BCUT2D eigenvalue weighted by molar-refractivity contribution is -0.173. The van der Waals surface area contributed by atoms with Crippen molar-refractivity contribution in [2.45, 2.75) is 62.2 Å². The maximum absolute atomic E-state index is 12.8. The minimum atomic E-state index is -0.797. The van der Waals surface area contributed by atoms with Crippen LogP contribution >= 0.6 is 12.4 Å². The molecule has 1 spiro atoms. The molecule has 3 heterocycles. The zero-order valence-electron chi connectivity index (χ0n) is 18.4. The van der Waals surface area contributed by atoms with E-state index < -0.39 is 5.60 Å². The fourth-order valence-corrected chi connectivity index (χ4v) is 7.72. The first-order chi connectivity index (χ1) is 15.1. The van der Waals surface area contributed by atoms with Gasteiger partial charge in [0.05, 0.1) is 16.7 Å². The van der Waals surface area contributed by atoms with E-state index in [-0.39, 0.29) is 30.0 Å². The minimum absolute atomic E-state index is 0. The predicted octanol–water partition coefficient (Wildman–Crippen LogP) is 4.60. The Morgan fingerprint density at radius 3 is 2.88 bits per heavy atom. The number of likely N-dealkylation sites (tertiary alicyclic amines) is 1. The van der Waals surface area contributed by atoms with Crippen molar-refractivity contribution in [3.8, 4) is 5.75 Å². The van der Waals surface area contributed by atoms with Crippen molar-refractivity contribution >= 4 is 23.3 Å². The van der Waals surface area contributed by atoms with E-state index >= 15 is 0 Å². The number of aryl methyl sites for hydroxylation is 1. The summed E-state index contributed by atoms with van der Waals surface area (Å²) in [5, 5.41) is 14.0. The van der Waals surface area contributed by atoms with E-state index in [0.717, 1.165) is 43.1 Å². The first kappa shape index (κ1) is 19.5. The second-order valence-corrected chi connectivity index (χ2v) is 10.8. The van der Waals surface area contributed by atoms with Gasteiger partial charge in [0.2, 0.25) is 0 Å². The van der Waals surface area contributed by atoms with E-state index in [2.05, 4.69) is 53.2 Å². The van der Waals surface area contributed by atoms with Crippen LogP contribution in [0, 0.1) is 12.8 Å². The van der Waals surface area contributed by atoms with Gasteiger partial charge in [0.1, 0.15) is 5.75 Å². The molecule has 4 nitrogen and oxygen atoms in total. The lowest BCUT2D eigenvalue weighted by Gasteiger charge is -2.62. The molecule has 1 saturated heterocycles. The molecule has 2 bridgehead atoms. The van der Waals surface area contributed by atoms with Crippen molar-refractivity contribution < 1.29 is 9.84 Å². The van der Waals surface area contributed by atoms with Crippen LogP contribution in [0.1, 0.15) is 53.3 Å². The molecule has 0 amide bonds. The fraction of sp³-hybridized carbons (Fsp3) is 0.481. The summed E-state index contributed by atoms with van der Waals surface area (Å²) in [6.07, 6.45) is 5.19. The lowest BCUT2D eigenvalue weighted by Crippen LogP contribution is -2.74. The molecule has 8 rings (SSSR count). The number of piperidine rings is 1. The summed E-state index contributed by atoms with van der Waals surface area (Å²) >= 11 is 0. The Morgan fingerprint density at radius 1 is 1.19 bits per heavy atom. The summed E-state index contributed by atoms with van der Waals surface area (Å²) in [5.74, 6) is 1.87. The van der Waals surface area contributed by atoms with Gasteiger partial charge in [-0.25, -0.2) is 0 Å². The van der Waals surface area contributed by atoms with Crippen LogP contribution in [0.15, 0.2) is 36.4 Å². The third-order valence-electron chi connectivity index (χ3n) is 9.29. The topological polar surface area (TPSA) is 48.5 Å². The van der Waals surface area contributed by atoms with Gasteiger partial charge in [0, 0.05) is 35.5 Å². The largest absolute Gasteiger partial charge is 0.483 e. The van der Waals surface area contributed by atoms with Gasteiger partial charge in [-0.3, -0.25) is 4.90 Å². The standard InChI is InChI=1S/C27H28N2O2.ClH/c1-15-6-9-17-12-21-27(30)13-19-18-4-2-3-5-20(18)28-23(19)25-26(27,22(17)24(15)31-25)10-11-29(21)14-16-7-8-16;/h2-6,9,16,21,25,28,30H,7-8,10-14H2,1H3;1H/t21-,25-,26-,27+;/m0./s1. The van der Waals surface area contributed by atoms with E-state index in [1.807, 2.05) is 0 Å². The molecular formula is C27H29ClN2O2. The number of aliphatic hydroxyl groups is 1. The van der Waals surface area contributed by atoms with E-state index in [1.54, 1.807) is 0 Å². The summed E-state index contributed by atoms with van der Waals surface area (Å²) in [7, 11) is 0. The van der Waals surface area contributed by atoms with Crippen LogP contribution in [0.2, 0.25) is 0 Å². The Kier molecular flexibility index (Phi) is 3.71. The summed E-state index contributed by atoms with van der Waals surface area (Å²) in [4.78, 5) is 6.36. The van der Waals surface area contributed by atoms with Crippen LogP contribution < -0.4 is 4.74 Å². The van der Waals surface area contributed by atoms with Crippen LogP contribution in [0.25, 0.3) is 10.9 Å². The number of nitrogens with one attached hydrogen (secondary N) is 1. The zero-order chi connectivity index (χ0) is 20.5. The number of benzene rings is 2. The highest BCUT2D eigenvalue weighted by atomic mass is 35.5. The molecule has 3 aromatic rings. The van der Waals surface area contributed by atoms with Crippen molar-refractivity contribution in [2.75, 3.05) is 13.1 Å². The number of hydrogen-bond acceptors (Lipinski definition) is 3. The van der Waals surface area contributed by atoms with E-state index in [9.17, 15) is 5.11 Å². The van der Waals surface area contributed by atoms with E-state index in [4.69, 9.17) is 4.74 Å². The molecule has 3 aliphatic carbocycles. The molecule has 4 atom stereocenters. The van der Waals surface area contributed by atoms with Crippen LogP contribution in [0.4, 0.5) is 0 Å². The fourth-order valence-electron chi connectivity index (χ4n) is 7.72. The van der Waals surface area contributed by atoms with Crippen molar-refractivity contribution in [2.24, 2.45) is 5.92 Å². The van der Waals surface area contributed by atoms with Gasteiger partial charge in [-0.15, -0.1) is 12.4 Å². The molecule has 2 aromatic carbocycles. The molecule has 166 valence electrons. The first-order valence-electron chi connectivity index (χ1n) is 12.0. The normalized spacial score (nSPS) is 33.9. The van der Waals surface area contributed by atoms with Crippen LogP contribution in [-0.4, -0.2) is 39.7 Å². The number of H-pyrrole nitrogens is 1. The second-order valence-electron chi connectivity index (χ2n) is 10.8. The number of aromatic amines is 1. The quantitative estimate of drug-likeness (QED) is 0.602. The van der Waals surface area contributed by atoms with Gasteiger partial charge >= 0.3 is 0 Å². The second kappa shape index (κ2) is 6.11. The van der Waals surface area contributed by atoms with Gasteiger partial charge in [-0.05, 0) is 67.8 Å². The molecule has 1 aromatic heterocycles. The Bertz CT molecular complexity index is 1280. The average molecular weight is 449 g/mol. The predicted molar refractivity (Wildman–Crippen MR) is 127 cm³/mol. The lowest BCUT2D eigenvalue weighted by atomic mass is 9.49. The Morgan fingerprint density at radius 2 is 2.03 bits per heavy atom. The Hall–Kier alpha value is -2.01. The minimum Gasteiger partial charge on any atom is -0.483 e. The molecular weight excluding hydrogens is 420 g/mol. The highest BCUT2D eigenvalue weighted by molar-refractivity contribution is 5.86. The van der Waals surface area contributed by atoms with Gasteiger partial charge in [-0.2, -0.15) is 0 Å². The highest BCUT2D eigenvalue weighted by Gasteiger charge is 2.72. The number of ether oxygens (including phenoxy) is 1. The number of rotatable bonds is 2. The maximum Gasteiger partial charge on any atom is 0.151 e. The number of hydrogen-bond donors (Lipinski definition) is 2. The molecule has 0 unspecified atom stereocenters. The Labute approximate surface area is 194 Å². The van der Waals surface area contributed by atoms with Gasteiger partial charge in [0.25, 0.3) is 0 Å². The van der Waals surface area contributed by atoms with Crippen molar-refractivity contribution in [1.29, 1.82) is 0 Å².